The third-order valence-corrected chi connectivity index (χ3v) is 3.76. The summed E-state index contributed by atoms with van der Waals surface area (Å²) in [7, 11) is 1.66. The zero-order valence-corrected chi connectivity index (χ0v) is 11.3. The maximum absolute atomic E-state index is 5.12. The van der Waals surface area contributed by atoms with Crippen LogP contribution in [-0.2, 0) is 0 Å². The van der Waals surface area contributed by atoms with E-state index >= 15 is 0 Å². The molecule has 0 aliphatic carbocycles. The molecule has 0 atom stereocenters. The Morgan fingerprint density at radius 3 is 2.71 bits per heavy atom. The highest BCUT2D eigenvalue weighted by Crippen LogP contribution is 2.25. The van der Waals surface area contributed by atoms with Crippen molar-refractivity contribution in [2.24, 2.45) is 0 Å². The largest absolute Gasteiger partial charge is 0.497 e. The predicted molar refractivity (Wildman–Crippen MR) is 70.6 cm³/mol. The number of aromatic nitrogens is 3. The van der Waals surface area contributed by atoms with Crippen molar-refractivity contribution in [1.29, 1.82) is 0 Å². The fraction of sp³-hybridized carbons (Fsp3) is 0.0909. The Hall–Kier alpha value is -1.40. The Bertz CT molecular complexity index is 627. The van der Waals surface area contributed by atoms with Gasteiger partial charge in [0.25, 0.3) is 0 Å². The summed E-state index contributed by atoms with van der Waals surface area (Å²) in [6.45, 7) is 0. The molecule has 3 rings (SSSR count). The standard InChI is InChI=1S/C11H8BrN3OS/c1-16-8-4-2-7(3-5-8)9-6-15-11(13-9)17-10(12)14-15/h2-6H,1H3. The molecule has 0 saturated carbocycles. The second-order valence-electron chi connectivity index (χ2n) is 3.44. The van der Waals surface area contributed by atoms with Crippen LogP contribution in [0.5, 0.6) is 5.75 Å². The normalized spacial score (nSPS) is 10.9. The van der Waals surface area contributed by atoms with Crippen LogP contribution in [0.4, 0.5) is 0 Å². The smallest absolute Gasteiger partial charge is 0.213 e. The zero-order chi connectivity index (χ0) is 11.8. The first-order chi connectivity index (χ1) is 8.26. The number of halogens is 1. The SMILES string of the molecule is COc1ccc(-c2cn3nc(Br)sc3n2)cc1. The number of fused-ring (bicyclic) bond motifs is 1. The minimum absolute atomic E-state index is 0.835. The van der Waals surface area contributed by atoms with Crippen molar-refractivity contribution in [3.05, 3.63) is 34.4 Å². The van der Waals surface area contributed by atoms with Crippen LogP contribution in [0.3, 0.4) is 0 Å². The van der Waals surface area contributed by atoms with Gasteiger partial charge in [-0.15, -0.1) is 5.10 Å². The maximum Gasteiger partial charge on any atom is 0.213 e. The summed E-state index contributed by atoms with van der Waals surface area (Å²) in [5, 5.41) is 4.26. The minimum Gasteiger partial charge on any atom is -0.497 e. The van der Waals surface area contributed by atoms with Gasteiger partial charge in [0, 0.05) is 5.56 Å². The van der Waals surface area contributed by atoms with E-state index in [1.807, 2.05) is 30.5 Å². The molecular formula is C11H8BrN3OS. The van der Waals surface area contributed by atoms with Gasteiger partial charge in [0.1, 0.15) is 5.75 Å². The van der Waals surface area contributed by atoms with Crippen LogP contribution in [0, 0.1) is 0 Å². The average Bonchev–Trinajstić information content (AvgIpc) is 2.86. The first-order valence-electron chi connectivity index (χ1n) is 4.92. The quantitative estimate of drug-likeness (QED) is 0.729. The summed E-state index contributed by atoms with van der Waals surface area (Å²) in [4.78, 5) is 5.38. The Kier molecular flexibility index (Phi) is 2.60. The van der Waals surface area contributed by atoms with E-state index in [9.17, 15) is 0 Å². The fourth-order valence-corrected chi connectivity index (χ4v) is 2.79. The van der Waals surface area contributed by atoms with Crippen molar-refractivity contribution in [2.45, 2.75) is 0 Å². The lowest BCUT2D eigenvalue weighted by Gasteiger charge is -1.99. The second-order valence-corrected chi connectivity index (χ2v) is 5.67. The summed E-state index contributed by atoms with van der Waals surface area (Å²) in [5.41, 5.74) is 1.97. The Morgan fingerprint density at radius 1 is 1.29 bits per heavy atom. The van der Waals surface area contributed by atoms with E-state index in [2.05, 4.69) is 26.0 Å². The van der Waals surface area contributed by atoms with E-state index in [-0.39, 0.29) is 0 Å². The van der Waals surface area contributed by atoms with Gasteiger partial charge in [0.2, 0.25) is 4.96 Å². The van der Waals surface area contributed by atoms with Crippen molar-refractivity contribution in [1.82, 2.24) is 14.6 Å². The first kappa shape index (κ1) is 10.7. The van der Waals surface area contributed by atoms with Gasteiger partial charge >= 0.3 is 0 Å². The molecular weight excluding hydrogens is 302 g/mol. The summed E-state index contributed by atoms with van der Waals surface area (Å²) in [6.07, 6.45) is 1.92. The molecule has 2 aromatic heterocycles. The number of hydrogen-bond acceptors (Lipinski definition) is 4. The topological polar surface area (TPSA) is 39.4 Å². The van der Waals surface area contributed by atoms with Crippen LogP contribution in [0.25, 0.3) is 16.2 Å². The summed E-state index contributed by atoms with van der Waals surface area (Å²) >= 11 is 4.84. The molecule has 0 fully saturated rings. The van der Waals surface area contributed by atoms with E-state index in [0.717, 1.165) is 25.9 Å². The predicted octanol–water partition coefficient (Wildman–Crippen LogP) is 3.23. The molecule has 0 aliphatic heterocycles. The monoisotopic (exact) mass is 309 g/mol. The van der Waals surface area contributed by atoms with Gasteiger partial charge in [0.05, 0.1) is 19.0 Å². The van der Waals surface area contributed by atoms with Gasteiger partial charge in [-0.05, 0) is 40.2 Å². The van der Waals surface area contributed by atoms with Gasteiger partial charge in [0.15, 0.2) is 3.92 Å². The number of rotatable bonds is 2. The van der Waals surface area contributed by atoms with Crippen LogP contribution in [0.1, 0.15) is 0 Å². The van der Waals surface area contributed by atoms with Crippen LogP contribution >= 0.6 is 27.3 Å². The van der Waals surface area contributed by atoms with E-state index in [1.165, 1.54) is 11.3 Å². The van der Waals surface area contributed by atoms with E-state index < -0.39 is 0 Å². The molecule has 0 spiro atoms. The van der Waals surface area contributed by atoms with Crippen molar-refractivity contribution < 1.29 is 4.74 Å². The summed E-state index contributed by atoms with van der Waals surface area (Å²) in [6, 6.07) is 7.82. The van der Waals surface area contributed by atoms with E-state index in [0.29, 0.717) is 0 Å². The molecule has 0 N–H and O–H groups in total. The zero-order valence-electron chi connectivity index (χ0n) is 8.92. The molecule has 4 nitrogen and oxygen atoms in total. The molecule has 6 heteroatoms. The summed E-state index contributed by atoms with van der Waals surface area (Å²) in [5.74, 6) is 0.843. The third-order valence-electron chi connectivity index (χ3n) is 2.40. The molecule has 17 heavy (non-hydrogen) atoms. The number of nitrogens with zero attached hydrogens (tertiary/aromatic N) is 3. The van der Waals surface area contributed by atoms with Crippen LogP contribution in [0.15, 0.2) is 34.4 Å². The van der Waals surface area contributed by atoms with Crippen LogP contribution in [-0.4, -0.2) is 21.7 Å². The molecule has 0 amide bonds. The molecule has 0 bridgehead atoms. The van der Waals surface area contributed by atoms with Crippen LogP contribution < -0.4 is 4.74 Å². The van der Waals surface area contributed by atoms with Gasteiger partial charge in [-0.1, -0.05) is 11.3 Å². The van der Waals surface area contributed by atoms with Gasteiger partial charge in [-0.25, -0.2) is 9.50 Å². The average molecular weight is 310 g/mol. The molecule has 0 unspecified atom stereocenters. The van der Waals surface area contributed by atoms with E-state index in [4.69, 9.17) is 4.74 Å². The minimum atomic E-state index is 0.835. The number of benzene rings is 1. The molecule has 1 aromatic carbocycles. The maximum atomic E-state index is 5.12. The molecule has 2 heterocycles. The highest BCUT2D eigenvalue weighted by molar-refractivity contribution is 9.11. The van der Waals surface area contributed by atoms with Crippen molar-refractivity contribution >= 4 is 32.2 Å². The number of hydrogen-bond donors (Lipinski definition) is 0. The third kappa shape index (κ3) is 1.94. The second kappa shape index (κ2) is 4.12. The van der Waals surface area contributed by atoms with Crippen LogP contribution in [0.2, 0.25) is 0 Å². The van der Waals surface area contributed by atoms with Gasteiger partial charge in [-0.2, -0.15) is 0 Å². The Morgan fingerprint density at radius 2 is 2.06 bits per heavy atom. The molecule has 0 aliphatic rings. The lowest BCUT2D eigenvalue weighted by atomic mass is 10.2. The lowest BCUT2D eigenvalue weighted by Crippen LogP contribution is -1.82. The lowest BCUT2D eigenvalue weighted by molar-refractivity contribution is 0.415. The molecule has 3 aromatic rings. The highest BCUT2D eigenvalue weighted by Gasteiger charge is 2.08. The van der Waals surface area contributed by atoms with E-state index in [1.54, 1.807) is 11.6 Å². The number of imidazole rings is 1. The molecule has 0 saturated heterocycles. The number of ether oxygens (including phenoxy) is 1. The van der Waals surface area contributed by atoms with Crippen molar-refractivity contribution in [3.63, 3.8) is 0 Å². The van der Waals surface area contributed by atoms with Gasteiger partial charge in [-0.3, -0.25) is 0 Å². The number of methoxy groups -OCH3 is 1. The molecule has 0 radical (unpaired) electrons. The Balaban J connectivity index is 2.04. The first-order valence-corrected chi connectivity index (χ1v) is 6.53. The van der Waals surface area contributed by atoms with Crippen molar-refractivity contribution in [3.8, 4) is 17.0 Å². The highest BCUT2D eigenvalue weighted by atomic mass is 79.9. The Labute approximate surface area is 110 Å². The fourth-order valence-electron chi connectivity index (χ4n) is 1.58. The van der Waals surface area contributed by atoms with Gasteiger partial charge < -0.3 is 4.74 Å². The summed E-state index contributed by atoms with van der Waals surface area (Å²) < 4.78 is 7.73. The van der Waals surface area contributed by atoms with Crippen molar-refractivity contribution in [2.75, 3.05) is 7.11 Å². The molecule has 86 valence electrons.